The maximum absolute atomic E-state index is 6.76. The molecule has 6 heteroatoms. The molecule has 354 valence electrons. The highest BCUT2D eigenvalue weighted by Gasteiger charge is 2.51. The average molecular weight is 970 g/mol. The van der Waals surface area contributed by atoms with Gasteiger partial charge in [-0.1, -0.05) is 188 Å². The number of hydrogen-bond donors (Lipinski definition) is 0. The number of aromatic nitrogens is 5. The zero-order valence-electron chi connectivity index (χ0n) is 41.0. The van der Waals surface area contributed by atoms with E-state index in [0.29, 0.717) is 17.5 Å². The van der Waals surface area contributed by atoms with Crippen LogP contribution in [-0.4, -0.2) is 24.1 Å². The van der Waals surface area contributed by atoms with Crippen molar-refractivity contribution >= 4 is 43.6 Å². The van der Waals surface area contributed by atoms with Crippen molar-refractivity contribution in [3.8, 4) is 79.3 Å². The molecule has 4 heterocycles. The third kappa shape index (κ3) is 6.12. The first-order valence-electron chi connectivity index (χ1n) is 25.8. The zero-order chi connectivity index (χ0) is 49.9. The predicted octanol–water partition coefficient (Wildman–Crippen LogP) is 17.2. The molecule has 0 bridgehead atoms. The predicted molar refractivity (Wildman–Crippen MR) is 308 cm³/mol. The van der Waals surface area contributed by atoms with Crippen LogP contribution in [0.25, 0.3) is 111 Å². The molecule has 3 aromatic heterocycles. The van der Waals surface area contributed by atoms with Crippen LogP contribution in [0.15, 0.2) is 261 Å². The van der Waals surface area contributed by atoms with E-state index in [4.69, 9.17) is 19.7 Å². The number of rotatable bonds is 6. The van der Waals surface area contributed by atoms with Crippen molar-refractivity contribution in [3.63, 3.8) is 0 Å². The van der Waals surface area contributed by atoms with Crippen LogP contribution < -0.4 is 4.74 Å². The summed E-state index contributed by atoms with van der Waals surface area (Å²) in [6.07, 6.45) is 0. The molecule has 0 unspecified atom stereocenters. The van der Waals surface area contributed by atoms with Gasteiger partial charge >= 0.3 is 0 Å². The van der Waals surface area contributed by atoms with E-state index in [9.17, 15) is 0 Å². The topological polar surface area (TPSA) is 57.8 Å². The van der Waals surface area contributed by atoms with Gasteiger partial charge in [-0.25, -0.2) is 15.0 Å². The van der Waals surface area contributed by atoms with Gasteiger partial charge in [0.1, 0.15) is 11.5 Å². The van der Waals surface area contributed by atoms with Crippen LogP contribution in [0.3, 0.4) is 0 Å². The highest BCUT2D eigenvalue weighted by molar-refractivity contribution is 6.29. The summed E-state index contributed by atoms with van der Waals surface area (Å²) in [7, 11) is 0. The van der Waals surface area contributed by atoms with Crippen LogP contribution in [0.5, 0.6) is 11.5 Å². The fraction of sp³-hybridized carbons (Fsp3) is 0.0143. The minimum Gasteiger partial charge on any atom is -0.457 e. The SMILES string of the molecule is c1ccc(-c2nc(-c3ccccc3)nc(-c3ccc4c(c3)-c3ccc(-c5ccc(-n6c7ccccc7c7c8c9ccccc9n(-c9ccccc9)c8ccc76)cc5)cc3C43c4ccccc4Oc4ccccc43)n2)cc1. The van der Waals surface area contributed by atoms with Gasteiger partial charge in [0, 0.05) is 60.7 Å². The van der Waals surface area contributed by atoms with E-state index in [1.54, 1.807) is 0 Å². The summed E-state index contributed by atoms with van der Waals surface area (Å²) in [5, 5.41) is 5.00. The van der Waals surface area contributed by atoms with E-state index in [0.717, 1.165) is 72.9 Å². The summed E-state index contributed by atoms with van der Waals surface area (Å²) in [6.45, 7) is 0. The van der Waals surface area contributed by atoms with Crippen LogP contribution in [0.1, 0.15) is 22.3 Å². The lowest BCUT2D eigenvalue weighted by molar-refractivity contribution is 0.436. The molecule has 11 aromatic carbocycles. The first-order chi connectivity index (χ1) is 37.7. The summed E-state index contributed by atoms with van der Waals surface area (Å²) >= 11 is 0. The average Bonchev–Trinajstić information content (AvgIpc) is 4.29. The molecule has 0 saturated carbocycles. The first-order valence-corrected chi connectivity index (χ1v) is 25.8. The second-order valence-electron chi connectivity index (χ2n) is 19.8. The zero-order valence-corrected chi connectivity index (χ0v) is 41.0. The summed E-state index contributed by atoms with van der Waals surface area (Å²) in [6, 6.07) is 93.3. The molecule has 6 nitrogen and oxygen atoms in total. The van der Waals surface area contributed by atoms with Gasteiger partial charge in [0.05, 0.1) is 27.5 Å². The molecule has 0 N–H and O–H groups in total. The molecular formula is C70H43N5O. The van der Waals surface area contributed by atoms with Gasteiger partial charge in [-0.05, 0) is 106 Å². The molecule has 0 radical (unpaired) electrons. The maximum Gasteiger partial charge on any atom is 0.164 e. The second-order valence-corrected chi connectivity index (χ2v) is 19.8. The monoisotopic (exact) mass is 969 g/mol. The molecule has 0 atom stereocenters. The molecule has 76 heavy (non-hydrogen) atoms. The van der Waals surface area contributed by atoms with Crippen molar-refractivity contribution in [1.82, 2.24) is 24.1 Å². The fourth-order valence-corrected chi connectivity index (χ4v) is 12.6. The molecule has 0 saturated heterocycles. The van der Waals surface area contributed by atoms with Crippen molar-refractivity contribution < 1.29 is 4.74 Å². The van der Waals surface area contributed by atoms with E-state index in [1.807, 2.05) is 36.4 Å². The normalized spacial score (nSPS) is 12.9. The maximum atomic E-state index is 6.76. The standard InChI is InChI=1S/C70H43N5O/c1-4-18-45(19-5-1)67-71-68(46-20-6-2-7-21-46)73-69(72-67)48-35-39-55-54(42-48)51-38-34-47(43-58(51)70(55)56-26-12-16-30-63(56)76-64-31-17-13-27-57(64)70)44-32-36-50(37-33-44)75-60-29-15-11-25-53(60)66-62(75)41-40-61-65(66)52-24-10-14-28-59(52)74(61)49-22-8-3-9-23-49/h1-43H. The Bertz CT molecular complexity index is 4550. The number of para-hydroxylation sites is 5. The lowest BCUT2D eigenvalue weighted by atomic mass is 9.66. The van der Waals surface area contributed by atoms with Gasteiger partial charge in [-0.2, -0.15) is 0 Å². The number of ether oxygens (including phenoxy) is 1. The molecule has 2 aliphatic rings. The lowest BCUT2D eigenvalue weighted by Gasteiger charge is -2.39. The van der Waals surface area contributed by atoms with Crippen molar-refractivity contribution in [3.05, 3.63) is 283 Å². The van der Waals surface area contributed by atoms with Gasteiger partial charge < -0.3 is 13.9 Å². The van der Waals surface area contributed by atoms with E-state index in [2.05, 4.69) is 234 Å². The van der Waals surface area contributed by atoms with Crippen LogP contribution in [0.4, 0.5) is 0 Å². The van der Waals surface area contributed by atoms with Crippen molar-refractivity contribution in [2.45, 2.75) is 5.41 Å². The number of hydrogen-bond acceptors (Lipinski definition) is 4. The van der Waals surface area contributed by atoms with Crippen molar-refractivity contribution in [1.29, 1.82) is 0 Å². The molecular weight excluding hydrogens is 927 g/mol. The lowest BCUT2D eigenvalue weighted by Crippen LogP contribution is -2.32. The molecule has 0 amide bonds. The Labute approximate surface area is 438 Å². The number of nitrogens with zero attached hydrogens (tertiary/aromatic N) is 5. The Morgan fingerprint density at radius 3 is 1.33 bits per heavy atom. The fourth-order valence-electron chi connectivity index (χ4n) is 12.6. The smallest absolute Gasteiger partial charge is 0.164 e. The summed E-state index contributed by atoms with van der Waals surface area (Å²) in [5.74, 6) is 3.59. The van der Waals surface area contributed by atoms with E-state index in [1.165, 1.54) is 54.7 Å². The third-order valence-electron chi connectivity index (χ3n) is 15.8. The van der Waals surface area contributed by atoms with Crippen LogP contribution >= 0.6 is 0 Å². The van der Waals surface area contributed by atoms with Crippen LogP contribution in [-0.2, 0) is 5.41 Å². The highest BCUT2D eigenvalue weighted by atomic mass is 16.5. The third-order valence-corrected chi connectivity index (χ3v) is 15.8. The van der Waals surface area contributed by atoms with Gasteiger partial charge in [0.2, 0.25) is 0 Å². The van der Waals surface area contributed by atoms with Gasteiger partial charge in [0.25, 0.3) is 0 Å². The quantitative estimate of drug-likeness (QED) is 0.167. The summed E-state index contributed by atoms with van der Waals surface area (Å²) in [5.41, 5.74) is 18.3. The van der Waals surface area contributed by atoms with E-state index < -0.39 is 5.41 Å². The van der Waals surface area contributed by atoms with Gasteiger partial charge in [0.15, 0.2) is 17.5 Å². The Kier molecular flexibility index (Phi) is 9.15. The largest absolute Gasteiger partial charge is 0.457 e. The molecule has 1 spiro atoms. The van der Waals surface area contributed by atoms with Crippen molar-refractivity contribution in [2.24, 2.45) is 0 Å². The van der Waals surface area contributed by atoms with Gasteiger partial charge in [-0.3, -0.25) is 0 Å². The Morgan fingerprint density at radius 2 is 0.750 bits per heavy atom. The summed E-state index contributed by atoms with van der Waals surface area (Å²) in [4.78, 5) is 15.3. The second kappa shape index (κ2) is 16.4. The number of fused-ring (bicyclic) bond motifs is 16. The molecule has 16 rings (SSSR count). The first kappa shape index (κ1) is 42.3. The minimum absolute atomic E-state index is 0.620. The van der Waals surface area contributed by atoms with Gasteiger partial charge in [-0.15, -0.1) is 0 Å². The minimum atomic E-state index is -0.675. The molecule has 14 aromatic rings. The Hall–Kier alpha value is -10.2. The van der Waals surface area contributed by atoms with E-state index >= 15 is 0 Å². The molecule has 0 fully saturated rings. The van der Waals surface area contributed by atoms with Crippen LogP contribution in [0, 0.1) is 0 Å². The van der Waals surface area contributed by atoms with Crippen LogP contribution in [0.2, 0.25) is 0 Å². The number of benzene rings is 11. The van der Waals surface area contributed by atoms with E-state index in [-0.39, 0.29) is 0 Å². The van der Waals surface area contributed by atoms with Crippen molar-refractivity contribution in [2.75, 3.05) is 0 Å². The Morgan fingerprint density at radius 1 is 0.289 bits per heavy atom. The Balaban J connectivity index is 0.866. The molecule has 1 aliphatic heterocycles. The highest BCUT2D eigenvalue weighted by Crippen LogP contribution is 2.63. The molecule has 1 aliphatic carbocycles. The summed E-state index contributed by atoms with van der Waals surface area (Å²) < 4.78 is 11.6.